The molecule has 1 atom stereocenters. The highest BCUT2D eigenvalue weighted by molar-refractivity contribution is 7.07. The summed E-state index contributed by atoms with van der Waals surface area (Å²) in [6.45, 7) is 0.788. The van der Waals surface area contributed by atoms with E-state index in [0.717, 1.165) is 42.9 Å². The van der Waals surface area contributed by atoms with E-state index in [-0.39, 0.29) is 11.9 Å². The standard InChI is InChI=1S/C12H15N5OS/c1-16-8-9(6-14-16)10-4-2-3-5-17(10)12(18)11-7-13-15-19-11/h6-8,10H,2-5H2,1H3. The largest absolute Gasteiger partial charge is 0.331 e. The predicted molar refractivity (Wildman–Crippen MR) is 70.7 cm³/mol. The highest BCUT2D eigenvalue weighted by atomic mass is 32.1. The SMILES string of the molecule is Cn1cc(C2CCCCN2C(=O)c2cnns2)cn1. The Hall–Kier alpha value is -1.76. The minimum Gasteiger partial charge on any atom is -0.331 e. The molecule has 1 aliphatic heterocycles. The van der Waals surface area contributed by atoms with Crippen LogP contribution < -0.4 is 0 Å². The second-order valence-electron chi connectivity index (χ2n) is 4.74. The molecule has 0 saturated carbocycles. The van der Waals surface area contributed by atoms with Crippen LogP contribution in [-0.2, 0) is 7.05 Å². The molecule has 2 aromatic rings. The molecule has 19 heavy (non-hydrogen) atoms. The molecule has 0 aliphatic carbocycles. The lowest BCUT2D eigenvalue weighted by atomic mass is 9.97. The molecule has 0 aromatic carbocycles. The second-order valence-corrected chi connectivity index (χ2v) is 5.52. The molecule has 100 valence electrons. The first-order valence-electron chi connectivity index (χ1n) is 6.32. The Morgan fingerprint density at radius 1 is 1.42 bits per heavy atom. The number of amides is 1. The Morgan fingerprint density at radius 2 is 2.32 bits per heavy atom. The molecule has 0 N–H and O–H groups in total. The maximum absolute atomic E-state index is 12.5. The molecule has 1 aliphatic rings. The summed E-state index contributed by atoms with van der Waals surface area (Å²) in [6.07, 6.45) is 8.56. The maximum Gasteiger partial charge on any atom is 0.267 e. The first-order valence-corrected chi connectivity index (χ1v) is 7.10. The van der Waals surface area contributed by atoms with Crippen molar-refractivity contribution in [1.82, 2.24) is 24.3 Å². The van der Waals surface area contributed by atoms with Gasteiger partial charge in [-0.2, -0.15) is 5.10 Å². The summed E-state index contributed by atoms with van der Waals surface area (Å²) in [7, 11) is 1.89. The van der Waals surface area contributed by atoms with Crippen LogP contribution in [0.1, 0.15) is 40.5 Å². The number of hydrogen-bond donors (Lipinski definition) is 0. The number of carbonyl (C=O) groups excluding carboxylic acids is 1. The van der Waals surface area contributed by atoms with Crippen molar-refractivity contribution in [3.63, 3.8) is 0 Å². The zero-order chi connectivity index (χ0) is 13.2. The zero-order valence-corrected chi connectivity index (χ0v) is 11.5. The van der Waals surface area contributed by atoms with Gasteiger partial charge in [-0.1, -0.05) is 4.49 Å². The molecule has 1 fully saturated rings. The molecule has 2 aromatic heterocycles. The van der Waals surface area contributed by atoms with Crippen molar-refractivity contribution < 1.29 is 4.79 Å². The zero-order valence-electron chi connectivity index (χ0n) is 10.7. The fourth-order valence-electron chi connectivity index (χ4n) is 2.54. The number of aryl methyl sites for hydroxylation is 1. The van der Waals surface area contributed by atoms with Crippen LogP contribution in [0.3, 0.4) is 0 Å². The highest BCUT2D eigenvalue weighted by Crippen LogP contribution is 2.32. The van der Waals surface area contributed by atoms with E-state index in [2.05, 4.69) is 14.7 Å². The Balaban J connectivity index is 1.87. The first-order chi connectivity index (χ1) is 9.25. The van der Waals surface area contributed by atoms with E-state index >= 15 is 0 Å². The minimum absolute atomic E-state index is 0.0311. The van der Waals surface area contributed by atoms with Gasteiger partial charge in [-0.25, -0.2) is 0 Å². The topological polar surface area (TPSA) is 63.9 Å². The highest BCUT2D eigenvalue weighted by Gasteiger charge is 2.30. The van der Waals surface area contributed by atoms with E-state index < -0.39 is 0 Å². The van der Waals surface area contributed by atoms with Gasteiger partial charge in [-0.05, 0) is 30.8 Å². The summed E-state index contributed by atoms with van der Waals surface area (Å²) in [6, 6.07) is 0.122. The van der Waals surface area contributed by atoms with Gasteiger partial charge in [0.05, 0.1) is 18.4 Å². The lowest BCUT2D eigenvalue weighted by Gasteiger charge is -2.34. The molecule has 3 heterocycles. The van der Waals surface area contributed by atoms with Crippen molar-refractivity contribution in [1.29, 1.82) is 0 Å². The predicted octanol–water partition coefficient (Wildman–Crippen LogP) is 1.64. The number of carbonyl (C=O) groups is 1. The Kier molecular flexibility index (Phi) is 3.29. The van der Waals surface area contributed by atoms with Crippen LogP contribution in [0.15, 0.2) is 18.6 Å². The van der Waals surface area contributed by atoms with Crippen LogP contribution in [-0.4, -0.2) is 36.7 Å². The van der Waals surface area contributed by atoms with Gasteiger partial charge >= 0.3 is 0 Å². The van der Waals surface area contributed by atoms with E-state index in [0.29, 0.717) is 4.88 Å². The second kappa shape index (κ2) is 5.08. The van der Waals surface area contributed by atoms with E-state index in [9.17, 15) is 4.79 Å². The third-order valence-corrected chi connectivity index (χ3v) is 4.10. The third kappa shape index (κ3) is 2.37. The van der Waals surface area contributed by atoms with E-state index in [1.165, 1.54) is 0 Å². The quantitative estimate of drug-likeness (QED) is 0.837. The van der Waals surface area contributed by atoms with Crippen LogP contribution in [0, 0.1) is 0 Å². The van der Waals surface area contributed by atoms with Crippen molar-refractivity contribution in [2.75, 3.05) is 6.54 Å². The third-order valence-electron chi connectivity index (χ3n) is 3.45. The molecule has 0 spiro atoms. The lowest BCUT2D eigenvalue weighted by molar-refractivity contribution is 0.0616. The van der Waals surface area contributed by atoms with Gasteiger partial charge in [0.1, 0.15) is 4.88 Å². The molecular formula is C12H15N5OS. The average Bonchev–Trinajstić information content (AvgIpc) is 3.09. The van der Waals surface area contributed by atoms with Crippen molar-refractivity contribution in [2.24, 2.45) is 7.05 Å². The number of hydrogen-bond acceptors (Lipinski definition) is 5. The van der Waals surface area contributed by atoms with Crippen molar-refractivity contribution >= 4 is 17.4 Å². The van der Waals surface area contributed by atoms with Crippen molar-refractivity contribution in [3.05, 3.63) is 29.0 Å². The molecular weight excluding hydrogens is 262 g/mol. The van der Waals surface area contributed by atoms with Crippen LogP contribution >= 0.6 is 11.5 Å². The number of piperidine rings is 1. The Labute approximate surface area is 115 Å². The minimum atomic E-state index is 0.0311. The molecule has 1 unspecified atom stereocenters. The van der Waals surface area contributed by atoms with Gasteiger partial charge in [0, 0.05) is 25.4 Å². The molecule has 6 nitrogen and oxygen atoms in total. The van der Waals surface area contributed by atoms with Gasteiger partial charge in [-0.3, -0.25) is 9.48 Å². The fourth-order valence-corrected chi connectivity index (χ4v) is 3.01. The van der Waals surface area contributed by atoms with Crippen LogP contribution in [0.4, 0.5) is 0 Å². The molecule has 0 radical (unpaired) electrons. The van der Waals surface area contributed by atoms with Crippen molar-refractivity contribution in [3.8, 4) is 0 Å². The van der Waals surface area contributed by atoms with Crippen LogP contribution in [0.5, 0.6) is 0 Å². The summed E-state index contributed by atoms with van der Waals surface area (Å²) in [5.74, 6) is 0.0311. The smallest absolute Gasteiger partial charge is 0.267 e. The van der Waals surface area contributed by atoms with Gasteiger partial charge in [0.15, 0.2) is 0 Å². The van der Waals surface area contributed by atoms with Gasteiger partial charge in [0.25, 0.3) is 5.91 Å². The Morgan fingerprint density at radius 3 is 3.00 bits per heavy atom. The fraction of sp³-hybridized carbons (Fsp3) is 0.500. The van der Waals surface area contributed by atoms with E-state index in [1.807, 2.05) is 24.3 Å². The number of nitrogens with zero attached hydrogens (tertiary/aromatic N) is 5. The van der Waals surface area contributed by atoms with Crippen molar-refractivity contribution in [2.45, 2.75) is 25.3 Å². The van der Waals surface area contributed by atoms with Crippen LogP contribution in [0.2, 0.25) is 0 Å². The summed E-state index contributed by atoms with van der Waals surface area (Å²) in [5, 5.41) is 7.95. The summed E-state index contributed by atoms with van der Waals surface area (Å²) in [4.78, 5) is 15.0. The van der Waals surface area contributed by atoms with E-state index in [1.54, 1.807) is 10.9 Å². The van der Waals surface area contributed by atoms with Gasteiger partial charge in [-0.15, -0.1) is 5.10 Å². The average molecular weight is 277 g/mol. The number of likely N-dealkylation sites (tertiary alicyclic amines) is 1. The van der Waals surface area contributed by atoms with Gasteiger partial charge < -0.3 is 4.90 Å². The molecule has 1 amide bonds. The molecule has 1 saturated heterocycles. The summed E-state index contributed by atoms with van der Waals surface area (Å²) < 4.78 is 5.55. The summed E-state index contributed by atoms with van der Waals surface area (Å²) in [5.41, 5.74) is 1.10. The normalized spacial score (nSPS) is 19.6. The number of rotatable bonds is 2. The monoisotopic (exact) mass is 277 g/mol. The number of aromatic nitrogens is 4. The Bertz CT molecular complexity index is 564. The first kappa shape index (κ1) is 12.3. The van der Waals surface area contributed by atoms with Gasteiger partial charge in [0.2, 0.25) is 0 Å². The van der Waals surface area contributed by atoms with Crippen LogP contribution in [0.25, 0.3) is 0 Å². The molecule has 3 rings (SSSR count). The lowest BCUT2D eigenvalue weighted by Crippen LogP contribution is -2.38. The van der Waals surface area contributed by atoms with E-state index in [4.69, 9.17) is 0 Å². The molecule has 7 heteroatoms. The summed E-state index contributed by atoms with van der Waals surface area (Å²) >= 11 is 1.15. The maximum atomic E-state index is 12.5. The molecule has 0 bridgehead atoms.